The Hall–Kier alpha value is -1.38. The molecular formula is C18H21ClFN. The summed E-state index contributed by atoms with van der Waals surface area (Å²) in [6.45, 7) is 6.30. The van der Waals surface area contributed by atoms with E-state index < -0.39 is 0 Å². The maximum atomic E-state index is 14.1. The van der Waals surface area contributed by atoms with E-state index in [1.807, 2.05) is 7.05 Å². The fourth-order valence-electron chi connectivity index (χ4n) is 3.02. The van der Waals surface area contributed by atoms with Crippen LogP contribution in [0.4, 0.5) is 4.39 Å². The van der Waals surface area contributed by atoms with E-state index in [1.165, 1.54) is 22.3 Å². The molecule has 0 aliphatic heterocycles. The molecule has 1 unspecified atom stereocenters. The molecule has 0 heterocycles. The third-order valence-electron chi connectivity index (χ3n) is 3.89. The van der Waals surface area contributed by atoms with Crippen LogP contribution in [0.5, 0.6) is 0 Å². The summed E-state index contributed by atoms with van der Waals surface area (Å²) in [5.74, 6) is -0.318. The van der Waals surface area contributed by atoms with Gasteiger partial charge in [0, 0.05) is 6.04 Å². The molecule has 0 aromatic heterocycles. The smallest absolute Gasteiger partial charge is 0.145 e. The highest BCUT2D eigenvalue weighted by Gasteiger charge is 2.18. The summed E-state index contributed by atoms with van der Waals surface area (Å²) >= 11 is 5.87. The van der Waals surface area contributed by atoms with E-state index >= 15 is 0 Å². The van der Waals surface area contributed by atoms with Crippen molar-refractivity contribution in [2.45, 2.75) is 33.2 Å². The zero-order valence-corrected chi connectivity index (χ0v) is 13.7. The summed E-state index contributed by atoms with van der Waals surface area (Å²) in [6, 6.07) is 9.57. The van der Waals surface area contributed by atoms with Crippen molar-refractivity contribution in [1.29, 1.82) is 0 Å². The summed E-state index contributed by atoms with van der Waals surface area (Å²) in [6.07, 6.45) is 0.577. The third-order valence-corrected chi connectivity index (χ3v) is 4.18. The maximum Gasteiger partial charge on any atom is 0.145 e. The van der Waals surface area contributed by atoms with Crippen LogP contribution in [0.25, 0.3) is 0 Å². The number of hydrogen-bond donors (Lipinski definition) is 1. The van der Waals surface area contributed by atoms with Gasteiger partial charge in [-0.2, -0.15) is 0 Å². The summed E-state index contributed by atoms with van der Waals surface area (Å²) in [4.78, 5) is 0. The van der Waals surface area contributed by atoms with Gasteiger partial charge in [0.05, 0.1) is 5.02 Å². The highest BCUT2D eigenvalue weighted by Crippen LogP contribution is 2.28. The maximum absolute atomic E-state index is 14.1. The minimum Gasteiger partial charge on any atom is -0.313 e. The number of nitrogens with one attached hydrogen (secondary N) is 1. The Kier molecular flexibility index (Phi) is 5.02. The summed E-state index contributed by atoms with van der Waals surface area (Å²) in [5, 5.41) is 3.49. The summed E-state index contributed by atoms with van der Waals surface area (Å²) in [7, 11) is 1.91. The van der Waals surface area contributed by atoms with Crippen LogP contribution in [0, 0.1) is 26.6 Å². The van der Waals surface area contributed by atoms with Crippen LogP contribution in [0.1, 0.15) is 33.9 Å². The number of rotatable bonds is 4. The second-order valence-electron chi connectivity index (χ2n) is 5.57. The molecule has 0 radical (unpaired) electrons. The lowest BCUT2D eigenvalue weighted by molar-refractivity contribution is 0.551. The van der Waals surface area contributed by atoms with E-state index in [0.29, 0.717) is 12.0 Å². The first-order valence-corrected chi connectivity index (χ1v) is 7.49. The van der Waals surface area contributed by atoms with Crippen molar-refractivity contribution in [2.75, 3.05) is 7.05 Å². The van der Waals surface area contributed by atoms with Gasteiger partial charge in [-0.1, -0.05) is 41.4 Å². The van der Waals surface area contributed by atoms with Gasteiger partial charge in [-0.15, -0.1) is 0 Å². The molecule has 0 aliphatic carbocycles. The summed E-state index contributed by atoms with van der Waals surface area (Å²) in [5.41, 5.74) is 5.59. The van der Waals surface area contributed by atoms with E-state index in [0.717, 1.165) is 0 Å². The second kappa shape index (κ2) is 6.59. The minimum atomic E-state index is -0.318. The molecule has 0 spiro atoms. The molecule has 112 valence electrons. The first-order valence-electron chi connectivity index (χ1n) is 7.12. The number of halogens is 2. The molecule has 0 amide bonds. The quantitative estimate of drug-likeness (QED) is 0.846. The first kappa shape index (κ1) is 16.0. The molecule has 2 rings (SSSR count). The average molecular weight is 306 g/mol. The molecule has 2 aromatic carbocycles. The Bertz CT molecular complexity index is 629. The molecule has 1 nitrogen and oxygen atoms in total. The van der Waals surface area contributed by atoms with Crippen molar-refractivity contribution < 1.29 is 4.39 Å². The predicted octanol–water partition coefficient (Wildman–Crippen LogP) is 4.91. The third kappa shape index (κ3) is 3.45. The van der Waals surface area contributed by atoms with Crippen LogP contribution in [-0.4, -0.2) is 7.05 Å². The fourth-order valence-corrected chi connectivity index (χ4v) is 3.21. The van der Waals surface area contributed by atoms with Gasteiger partial charge in [0.25, 0.3) is 0 Å². The average Bonchev–Trinajstić information content (AvgIpc) is 2.41. The Morgan fingerprint density at radius 2 is 1.76 bits per heavy atom. The van der Waals surface area contributed by atoms with Crippen LogP contribution in [-0.2, 0) is 6.42 Å². The van der Waals surface area contributed by atoms with Crippen molar-refractivity contribution in [3.63, 3.8) is 0 Å². The molecule has 0 saturated heterocycles. The van der Waals surface area contributed by atoms with E-state index in [2.05, 4.69) is 38.2 Å². The first-order chi connectivity index (χ1) is 9.93. The molecule has 2 aromatic rings. The van der Waals surface area contributed by atoms with Gasteiger partial charge in [0.15, 0.2) is 0 Å². The molecule has 0 aliphatic rings. The number of likely N-dealkylation sites (N-methyl/N-ethyl adjacent to an activating group) is 1. The molecule has 0 fully saturated rings. The highest BCUT2D eigenvalue weighted by atomic mass is 35.5. The molecule has 3 heteroatoms. The van der Waals surface area contributed by atoms with E-state index in [4.69, 9.17) is 11.6 Å². The van der Waals surface area contributed by atoms with Crippen molar-refractivity contribution in [3.05, 3.63) is 69.0 Å². The molecule has 1 atom stereocenters. The normalized spacial score (nSPS) is 12.5. The van der Waals surface area contributed by atoms with Crippen molar-refractivity contribution in [1.82, 2.24) is 5.32 Å². The number of benzene rings is 2. The topological polar surface area (TPSA) is 12.0 Å². The zero-order valence-electron chi connectivity index (χ0n) is 12.9. The Morgan fingerprint density at radius 3 is 2.33 bits per heavy atom. The Morgan fingerprint density at radius 1 is 1.14 bits per heavy atom. The van der Waals surface area contributed by atoms with Gasteiger partial charge in [-0.25, -0.2) is 4.39 Å². The Balaban J connectivity index is 2.39. The van der Waals surface area contributed by atoms with Gasteiger partial charge in [-0.3, -0.25) is 0 Å². The molecule has 0 bridgehead atoms. The van der Waals surface area contributed by atoms with E-state index in [1.54, 1.807) is 18.2 Å². The van der Waals surface area contributed by atoms with E-state index in [9.17, 15) is 4.39 Å². The lowest BCUT2D eigenvalue weighted by Crippen LogP contribution is -2.21. The lowest BCUT2D eigenvalue weighted by Gasteiger charge is -2.22. The highest BCUT2D eigenvalue weighted by molar-refractivity contribution is 6.30. The minimum absolute atomic E-state index is 0.0681. The second-order valence-corrected chi connectivity index (χ2v) is 5.98. The van der Waals surface area contributed by atoms with Crippen LogP contribution in [0.15, 0.2) is 30.3 Å². The Labute approximate surface area is 131 Å². The monoisotopic (exact) mass is 305 g/mol. The SMILES string of the molecule is CNC(Cc1cccc(Cl)c1F)c1c(C)cc(C)cc1C. The molecule has 1 N–H and O–H groups in total. The van der Waals surface area contributed by atoms with Gasteiger partial charge in [-0.05, 0) is 62.6 Å². The summed E-state index contributed by atoms with van der Waals surface area (Å²) < 4.78 is 14.1. The van der Waals surface area contributed by atoms with Crippen molar-refractivity contribution in [2.24, 2.45) is 0 Å². The number of aryl methyl sites for hydroxylation is 3. The largest absolute Gasteiger partial charge is 0.313 e. The fraction of sp³-hybridized carbons (Fsp3) is 0.333. The van der Waals surface area contributed by atoms with Crippen molar-refractivity contribution >= 4 is 11.6 Å². The predicted molar refractivity (Wildman–Crippen MR) is 87.6 cm³/mol. The van der Waals surface area contributed by atoms with Gasteiger partial charge in [0.2, 0.25) is 0 Å². The van der Waals surface area contributed by atoms with Crippen LogP contribution >= 0.6 is 11.6 Å². The zero-order chi connectivity index (χ0) is 15.6. The van der Waals surface area contributed by atoms with Crippen LogP contribution in [0.3, 0.4) is 0 Å². The van der Waals surface area contributed by atoms with Crippen molar-refractivity contribution in [3.8, 4) is 0 Å². The van der Waals surface area contributed by atoms with Crippen LogP contribution in [0.2, 0.25) is 5.02 Å². The standard InChI is InChI=1S/C18H21ClFN/c1-11-8-12(2)17(13(3)9-11)16(21-4)10-14-6-5-7-15(19)18(14)20/h5-9,16,21H,10H2,1-4H3. The number of hydrogen-bond acceptors (Lipinski definition) is 1. The van der Waals surface area contributed by atoms with Gasteiger partial charge >= 0.3 is 0 Å². The lowest BCUT2D eigenvalue weighted by atomic mass is 9.90. The van der Waals surface area contributed by atoms with Gasteiger partial charge < -0.3 is 5.32 Å². The molecule has 0 saturated carbocycles. The van der Waals surface area contributed by atoms with E-state index in [-0.39, 0.29) is 16.9 Å². The van der Waals surface area contributed by atoms with Crippen LogP contribution < -0.4 is 5.32 Å². The van der Waals surface area contributed by atoms with Gasteiger partial charge in [0.1, 0.15) is 5.82 Å². The molecule has 21 heavy (non-hydrogen) atoms. The molecular weight excluding hydrogens is 285 g/mol.